The Labute approximate surface area is 61.0 Å². The van der Waals surface area contributed by atoms with E-state index in [4.69, 9.17) is 0 Å². The van der Waals surface area contributed by atoms with Crippen molar-refractivity contribution in [1.29, 1.82) is 0 Å². The summed E-state index contributed by atoms with van der Waals surface area (Å²) in [6.07, 6.45) is 0. The molecule has 15 valence electrons. The van der Waals surface area contributed by atoms with Gasteiger partial charge in [0.15, 0.2) is 0 Å². The Hall–Kier alpha value is 1.71. The van der Waals surface area contributed by atoms with E-state index in [0.29, 0.717) is 0 Å². The Morgan fingerprint density at radius 1 is 1.00 bits per heavy atom. The molecule has 0 aliphatic carbocycles. The number of hydrogen-bond acceptors (Lipinski definition) is 0. The Morgan fingerprint density at radius 3 is 1.00 bits per heavy atom. The van der Waals surface area contributed by atoms with Gasteiger partial charge in [-0.15, -0.1) is 0 Å². The minimum atomic E-state index is 0. The van der Waals surface area contributed by atoms with E-state index in [1.165, 1.54) is 0 Å². The molecular weight excluding hydrogens is 150 g/mol. The molecule has 1 radical (unpaired) electrons. The van der Waals surface area contributed by atoms with Crippen LogP contribution in [0.4, 0.5) is 0 Å². The largest absolute Gasteiger partial charge is 4.00 e. The fraction of sp³-hybridized carbons (Fsp3) is 0. The Morgan fingerprint density at radius 2 is 1.00 bits per heavy atom. The molecule has 0 saturated carbocycles. The summed E-state index contributed by atoms with van der Waals surface area (Å²) in [5.74, 6) is 0. The normalized spacial score (nSPS) is 0. The molecule has 0 N–H and O–H groups in total. The minimum Gasteiger partial charge on any atom is -2.00 e. The molecule has 0 aromatic heterocycles. The maximum absolute atomic E-state index is 0. The molecule has 0 spiro atoms. The molecule has 0 saturated heterocycles. The van der Waals surface area contributed by atoms with Crippen molar-refractivity contribution in [2.75, 3.05) is 0 Å². The Balaban J connectivity index is 0. The molecule has 4 heteroatoms. The second kappa shape index (κ2) is 22.1. The van der Waals surface area contributed by atoms with Crippen molar-refractivity contribution in [2.24, 2.45) is 0 Å². The molecular formula is AlCoOTi+7. The topological polar surface area (TPSA) is 28.5 Å². The molecule has 1 nitrogen and oxygen atoms in total. The maximum Gasteiger partial charge on any atom is 4.00 e. The van der Waals surface area contributed by atoms with Crippen LogP contribution >= 0.6 is 0 Å². The summed E-state index contributed by atoms with van der Waals surface area (Å²) in [7, 11) is 0. The van der Waals surface area contributed by atoms with Crippen LogP contribution < -0.4 is 0 Å². The zero-order valence-corrected chi connectivity index (χ0v) is 5.58. The predicted molar refractivity (Wildman–Crippen MR) is 6.44 cm³/mol. The summed E-state index contributed by atoms with van der Waals surface area (Å²) in [6.45, 7) is 0. The first-order valence-electron chi connectivity index (χ1n) is 0. The first-order chi connectivity index (χ1) is 0. The second-order valence-electron chi connectivity index (χ2n) is 0. The summed E-state index contributed by atoms with van der Waals surface area (Å²) in [4.78, 5) is 0. The number of rotatable bonds is 0. The third-order valence-corrected chi connectivity index (χ3v) is 0. The van der Waals surface area contributed by atoms with Crippen molar-refractivity contribution in [2.45, 2.75) is 0 Å². The average molecular weight is 150 g/mol. The van der Waals surface area contributed by atoms with Gasteiger partial charge in [-0.2, -0.15) is 0 Å². The van der Waals surface area contributed by atoms with Gasteiger partial charge in [0.1, 0.15) is 0 Å². The SMILES string of the molecule is [Al+3].[Co+2].[O-2].[Ti+4]. The van der Waals surface area contributed by atoms with E-state index in [9.17, 15) is 0 Å². The van der Waals surface area contributed by atoms with Crippen molar-refractivity contribution in [3.05, 3.63) is 0 Å². The van der Waals surface area contributed by atoms with Gasteiger partial charge in [0.2, 0.25) is 0 Å². The van der Waals surface area contributed by atoms with Gasteiger partial charge >= 0.3 is 55.9 Å². The van der Waals surface area contributed by atoms with Crippen LogP contribution in [-0.2, 0) is 44.0 Å². The van der Waals surface area contributed by atoms with Crippen LogP contribution in [0.5, 0.6) is 0 Å². The van der Waals surface area contributed by atoms with Gasteiger partial charge in [0.25, 0.3) is 0 Å². The fourth-order valence-corrected chi connectivity index (χ4v) is 0. The van der Waals surface area contributed by atoms with Crippen LogP contribution in [0.3, 0.4) is 0 Å². The van der Waals surface area contributed by atoms with Crippen LogP contribution in [0.1, 0.15) is 0 Å². The Kier molecular flexibility index (Phi) is 239. The van der Waals surface area contributed by atoms with E-state index in [0.717, 1.165) is 0 Å². The summed E-state index contributed by atoms with van der Waals surface area (Å²) in [6, 6.07) is 0. The van der Waals surface area contributed by atoms with Crippen LogP contribution in [0.15, 0.2) is 0 Å². The van der Waals surface area contributed by atoms with E-state index in [-0.39, 0.29) is 61.3 Å². The molecule has 0 amide bonds. The van der Waals surface area contributed by atoms with Gasteiger partial charge in [-0.25, -0.2) is 0 Å². The first kappa shape index (κ1) is 43.2. The second-order valence-corrected chi connectivity index (χ2v) is 0. The van der Waals surface area contributed by atoms with Crippen LogP contribution in [0.2, 0.25) is 0 Å². The van der Waals surface area contributed by atoms with E-state index in [1.807, 2.05) is 0 Å². The van der Waals surface area contributed by atoms with Gasteiger partial charge in [0.05, 0.1) is 0 Å². The third-order valence-electron chi connectivity index (χ3n) is 0. The van der Waals surface area contributed by atoms with Crippen LogP contribution in [0, 0.1) is 0 Å². The van der Waals surface area contributed by atoms with Gasteiger partial charge in [-0.3, -0.25) is 0 Å². The molecule has 4 heavy (non-hydrogen) atoms. The summed E-state index contributed by atoms with van der Waals surface area (Å²) >= 11 is 0. The van der Waals surface area contributed by atoms with Crippen molar-refractivity contribution in [1.82, 2.24) is 0 Å². The quantitative estimate of drug-likeness (QED) is 0.416. The standard InChI is InChI=1S/Al.Co.O.Ti/q+3;+2;-2;+4. The molecule has 0 aliphatic heterocycles. The number of hydrogen-bond donors (Lipinski definition) is 0. The minimum absolute atomic E-state index is 0. The molecule has 0 aromatic rings. The van der Waals surface area contributed by atoms with Crippen LogP contribution in [0.25, 0.3) is 0 Å². The van der Waals surface area contributed by atoms with E-state index in [2.05, 4.69) is 0 Å². The molecule has 0 fully saturated rings. The summed E-state index contributed by atoms with van der Waals surface area (Å²) < 4.78 is 0. The third kappa shape index (κ3) is 9.31. The molecule has 0 atom stereocenters. The maximum atomic E-state index is 0. The van der Waals surface area contributed by atoms with E-state index >= 15 is 0 Å². The first-order valence-corrected chi connectivity index (χ1v) is 0. The van der Waals surface area contributed by atoms with Crippen molar-refractivity contribution in [3.63, 3.8) is 0 Å². The monoisotopic (exact) mass is 150 g/mol. The van der Waals surface area contributed by atoms with E-state index < -0.39 is 0 Å². The molecule has 0 aliphatic rings. The summed E-state index contributed by atoms with van der Waals surface area (Å²) in [5, 5.41) is 0. The van der Waals surface area contributed by atoms with Crippen molar-refractivity contribution in [3.8, 4) is 0 Å². The molecule has 0 rings (SSSR count). The molecule has 0 bridgehead atoms. The Bertz CT molecular complexity index is 8.00. The molecule has 0 unspecified atom stereocenters. The zero-order chi connectivity index (χ0) is 0. The van der Waals surface area contributed by atoms with E-state index in [1.54, 1.807) is 0 Å². The molecule has 0 aromatic carbocycles. The zero-order valence-electron chi connectivity index (χ0n) is 1.82. The van der Waals surface area contributed by atoms with Crippen molar-refractivity contribution < 1.29 is 44.0 Å². The van der Waals surface area contributed by atoms with Crippen LogP contribution in [-0.4, -0.2) is 17.4 Å². The summed E-state index contributed by atoms with van der Waals surface area (Å²) in [5.41, 5.74) is 0. The van der Waals surface area contributed by atoms with Gasteiger partial charge in [-0.1, -0.05) is 0 Å². The smallest absolute Gasteiger partial charge is 2.00 e. The average Bonchev–Trinajstić information content (AvgIpc) is 0. The predicted octanol–water partition coefficient (Wildman–Crippen LogP) is -0.505. The fourth-order valence-electron chi connectivity index (χ4n) is 0. The van der Waals surface area contributed by atoms with Gasteiger partial charge < -0.3 is 5.48 Å². The molecule has 0 heterocycles. The van der Waals surface area contributed by atoms with Crippen molar-refractivity contribution >= 4 is 17.4 Å². The van der Waals surface area contributed by atoms with Gasteiger partial charge in [-0.05, 0) is 0 Å². The van der Waals surface area contributed by atoms with Gasteiger partial charge in [0, 0.05) is 0 Å².